The summed E-state index contributed by atoms with van der Waals surface area (Å²) in [6.07, 6.45) is 5.44. The summed E-state index contributed by atoms with van der Waals surface area (Å²) >= 11 is 0. The Hall–Kier alpha value is -1.89. The highest BCUT2D eigenvalue weighted by atomic mass is 16.2. The fourth-order valence-corrected chi connectivity index (χ4v) is 3.50. The second kappa shape index (κ2) is 7.79. The van der Waals surface area contributed by atoms with Crippen molar-refractivity contribution in [1.29, 1.82) is 0 Å². The third kappa shape index (κ3) is 3.95. The fraction of sp³-hybridized carbons (Fsp3) is 0.706. The van der Waals surface area contributed by atoms with Gasteiger partial charge in [-0.2, -0.15) is 0 Å². The number of hydrogen-bond acceptors (Lipinski definition) is 6. The first kappa shape index (κ1) is 17.0. The maximum Gasteiger partial charge on any atom is 0.241 e. The molecule has 3 rings (SSSR count). The molecule has 1 atom stereocenters. The summed E-state index contributed by atoms with van der Waals surface area (Å²) in [5, 5.41) is 3.46. The van der Waals surface area contributed by atoms with Gasteiger partial charge >= 0.3 is 0 Å². The molecule has 132 valence electrons. The third-order valence-electron chi connectivity index (χ3n) is 5.11. The molecule has 1 aromatic heterocycles. The Morgan fingerprint density at radius 2 is 2.12 bits per heavy atom. The van der Waals surface area contributed by atoms with E-state index < -0.39 is 0 Å². The highest BCUT2D eigenvalue weighted by Crippen LogP contribution is 2.19. The van der Waals surface area contributed by atoms with Crippen molar-refractivity contribution in [2.24, 2.45) is 0 Å². The lowest BCUT2D eigenvalue weighted by Gasteiger charge is -2.35. The maximum atomic E-state index is 11.9. The van der Waals surface area contributed by atoms with E-state index in [0.29, 0.717) is 12.6 Å². The van der Waals surface area contributed by atoms with Crippen LogP contribution in [-0.4, -0.2) is 78.0 Å². The SMILES string of the molecule is CCN1CCCCC1CNc1cc(N2CCN(C)C(=O)C2)ncn1. The van der Waals surface area contributed by atoms with E-state index in [4.69, 9.17) is 0 Å². The number of piperazine rings is 1. The monoisotopic (exact) mass is 332 g/mol. The molecule has 1 amide bonds. The Balaban J connectivity index is 1.60. The molecule has 2 aliphatic rings. The summed E-state index contributed by atoms with van der Waals surface area (Å²) in [5.41, 5.74) is 0. The Morgan fingerprint density at radius 1 is 1.25 bits per heavy atom. The second-order valence-electron chi connectivity index (χ2n) is 6.66. The molecule has 1 N–H and O–H groups in total. The first-order valence-electron chi connectivity index (χ1n) is 8.96. The van der Waals surface area contributed by atoms with Gasteiger partial charge in [0.25, 0.3) is 0 Å². The van der Waals surface area contributed by atoms with Crippen LogP contribution in [0.4, 0.5) is 11.6 Å². The minimum atomic E-state index is 0.134. The molecule has 2 aliphatic heterocycles. The van der Waals surface area contributed by atoms with Crippen molar-refractivity contribution in [2.75, 3.05) is 56.5 Å². The topological polar surface area (TPSA) is 64.6 Å². The molecule has 3 heterocycles. The molecule has 0 saturated carbocycles. The van der Waals surface area contributed by atoms with E-state index in [1.807, 2.05) is 18.0 Å². The lowest BCUT2D eigenvalue weighted by Crippen LogP contribution is -2.48. The summed E-state index contributed by atoms with van der Waals surface area (Å²) in [5.74, 6) is 1.80. The molecule has 2 saturated heterocycles. The predicted molar refractivity (Wildman–Crippen MR) is 95.3 cm³/mol. The molecule has 24 heavy (non-hydrogen) atoms. The van der Waals surface area contributed by atoms with Crippen LogP contribution in [0.5, 0.6) is 0 Å². The van der Waals surface area contributed by atoms with Gasteiger partial charge in [0.2, 0.25) is 5.91 Å². The van der Waals surface area contributed by atoms with E-state index in [-0.39, 0.29) is 5.91 Å². The Morgan fingerprint density at radius 3 is 2.92 bits per heavy atom. The first-order valence-corrected chi connectivity index (χ1v) is 8.96. The number of carbonyl (C=O) groups excluding carboxylic acids is 1. The molecule has 0 bridgehead atoms. The van der Waals surface area contributed by atoms with E-state index in [0.717, 1.165) is 37.8 Å². The summed E-state index contributed by atoms with van der Waals surface area (Å²) in [6, 6.07) is 2.53. The van der Waals surface area contributed by atoms with Crippen molar-refractivity contribution in [3.05, 3.63) is 12.4 Å². The number of hydrogen-bond donors (Lipinski definition) is 1. The van der Waals surface area contributed by atoms with Crippen LogP contribution in [0.3, 0.4) is 0 Å². The standard InChI is InChI=1S/C17H28N6O/c1-3-22-7-5-4-6-14(22)11-18-15-10-16(20-13-19-15)23-9-8-21(2)17(24)12-23/h10,13-14H,3-9,11-12H2,1-2H3,(H,18,19,20). The number of piperidine rings is 1. The highest BCUT2D eigenvalue weighted by molar-refractivity contribution is 5.82. The molecule has 7 nitrogen and oxygen atoms in total. The molecule has 0 aromatic carbocycles. The predicted octanol–water partition coefficient (Wildman–Crippen LogP) is 1.04. The molecule has 0 aliphatic carbocycles. The number of likely N-dealkylation sites (N-methyl/N-ethyl adjacent to an activating group) is 2. The van der Waals surface area contributed by atoms with Gasteiger partial charge < -0.3 is 15.1 Å². The second-order valence-corrected chi connectivity index (χ2v) is 6.66. The van der Waals surface area contributed by atoms with E-state index >= 15 is 0 Å². The molecule has 2 fully saturated rings. The lowest BCUT2D eigenvalue weighted by molar-refractivity contribution is -0.129. The zero-order chi connectivity index (χ0) is 16.9. The summed E-state index contributed by atoms with van der Waals surface area (Å²) in [7, 11) is 1.84. The van der Waals surface area contributed by atoms with Crippen LogP contribution in [0.2, 0.25) is 0 Å². The van der Waals surface area contributed by atoms with Crippen molar-refractivity contribution >= 4 is 17.5 Å². The summed E-state index contributed by atoms with van der Waals surface area (Å²) < 4.78 is 0. The minimum Gasteiger partial charge on any atom is -0.368 e. The van der Waals surface area contributed by atoms with Crippen molar-refractivity contribution in [2.45, 2.75) is 32.2 Å². The van der Waals surface area contributed by atoms with Gasteiger partial charge in [0.15, 0.2) is 0 Å². The van der Waals surface area contributed by atoms with Crippen LogP contribution in [0.25, 0.3) is 0 Å². The van der Waals surface area contributed by atoms with Crippen LogP contribution in [0.1, 0.15) is 26.2 Å². The number of carbonyl (C=O) groups is 1. The van der Waals surface area contributed by atoms with Crippen molar-refractivity contribution in [3.8, 4) is 0 Å². The highest BCUT2D eigenvalue weighted by Gasteiger charge is 2.23. The molecule has 1 unspecified atom stereocenters. The van der Waals surface area contributed by atoms with E-state index in [2.05, 4.69) is 27.1 Å². The Bertz CT molecular complexity index is 566. The third-order valence-corrected chi connectivity index (χ3v) is 5.11. The van der Waals surface area contributed by atoms with Gasteiger partial charge in [-0.25, -0.2) is 9.97 Å². The van der Waals surface area contributed by atoms with Crippen LogP contribution in [0, 0.1) is 0 Å². The molecular formula is C17H28N6O. The fourth-order valence-electron chi connectivity index (χ4n) is 3.50. The number of nitrogens with zero attached hydrogens (tertiary/aromatic N) is 5. The van der Waals surface area contributed by atoms with Crippen LogP contribution in [0.15, 0.2) is 12.4 Å². The zero-order valence-corrected chi connectivity index (χ0v) is 14.7. The zero-order valence-electron chi connectivity index (χ0n) is 14.7. The first-order chi connectivity index (χ1) is 11.7. The van der Waals surface area contributed by atoms with Gasteiger partial charge in [-0.1, -0.05) is 13.3 Å². The van der Waals surface area contributed by atoms with Crippen molar-refractivity contribution in [3.63, 3.8) is 0 Å². The largest absolute Gasteiger partial charge is 0.368 e. The van der Waals surface area contributed by atoms with Crippen LogP contribution < -0.4 is 10.2 Å². The number of likely N-dealkylation sites (tertiary alicyclic amines) is 1. The quantitative estimate of drug-likeness (QED) is 0.869. The number of nitrogens with one attached hydrogen (secondary N) is 1. The normalized spacial score (nSPS) is 22.8. The maximum absolute atomic E-state index is 11.9. The smallest absolute Gasteiger partial charge is 0.241 e. The number of anilines is 2. The van der Waals surface area contributed by atoms with E-state index in [1.165, 1.54) is 25.8 Å². The number of aromatic nitrogens is 2. The molecule has 1 aromatic rings. The lowest BCUT2D eigenvalue weighted by atomic mass is 10.0. The number of amides is 1. The minimum absolute atomic E-state index is 0.134. The van der Waals surface area contributed by atoms with E-state index in [9.17, 15) is 4.79 Å². The van der Waals surface area contributed by atoms with E-state index in [1.54, 1.807) is 11.2 Å². The Kier molecular flexibility index (Phi) is 5.50. The van der Waals surface area contributed by atoms with Crippen molar-refractivity contribution < 1.29 is 4.79 Å². The average molecular weight is 332 g/mol. The van der Waals surface area contributed by atoms with Gasteiger partial charge in [0.1, 0.15) is 18.0 Å². The Labute approximate surface area is 144 Å². The summed E-state index contributed by atoms with van der Waals surface area (Å²) in [4.78, 5) is 26.9. The number of rotatable bonds is 5. The summed E-state index contributed by atoms with van der Waals surface area (Å²) in [6.45, 7) is 7.37. The van der Waals surface area contributed by atoms with Crippen LogP contribution in [-0.2, 0) is 4.79 Å². The van der Waals surface area contributed by atoms with Gasteiger partial charge in [-0.3, -0.25) is 9.69 Å². The van der Waals surface area contributed by atoms with Crippen molar-refractivity contribution in [1.82, 2.24) is 19.8 Å². The van der Waals surface area contributed by atoms with Gasteiger partial charge in [0.05, 0.1) is 6.54 Å². The molecule has 7 heteroatoms. The average Bonchev–Trinajstić information content (AvgIpc) is 2.62. The molecule has 0 radical (unpaired) electrons. The molecular weight excluding hydrogens is 304 g/mol. The van der Waals surface area contributed by atoms with Gasteiger partial charge in [-0.05, 0) is 25.9 Å². The van der Waals surface area contributed by atoms with Crippen LogP contribution >= 0.6 is 0 Å². The van der Waals surface area contributed by atoms with Gasteiger partial charge in [-0.15, -0.1) is 0 Å². The van der Waals surface area contributed by atoms with Gasteiger partial charge in [0, 0.05) is 38.8 Å². The molecule has 0 spiro atoms.